The average molecular weight is 269 g/mol. The molecule has 0 bridgehead atoms. The number of carbonyl (C=O) groups is 1. The summed E-state index contributed by atoms with van der Waals surface area (Å²) in [5.41, 5.74) is 0. The van der Waals surface area contributed by atoms with E-state index in [0.29, 0.717) is 26.1 Å². The fraction of sp³-hybridized carbons (Fsp3) is 0.900. The first-order valence-electron chi connectivity index (χ1n) is 5.73. The largest absolute Gasteiger partial charge is 0.401 e. The standard InChI is InChI=1S/C10H18F3N3O2/c1-18-5-3-14-9(17)15-8-2-4-16(6-8)7-10(11,12)13/h8H,2-7H2,1H3,(H2,14,15,17). The minimum atomic E-state index is -4.18. The number of methoxy groups -OCH3 is 1. The van der Waals surface area contributed by atoms with Crippen molar-refractivity contribution in [1.29, 1.82) is 0 Å². The molecule has 1 fully saturated rings. The van der Waals surface area contributed by atoms with Gasteiger partial charge in [0.05, 0.1) is 13.2 Å². The van der Waals surface area contributed by atoms with E-state index in [1.54, 1.807) is 0 Å². The summed E-state index contributed by atoms with van der Waals surface area (Å²) in [5, 5.41) is 5.20. The third-order valence-corrected chi connectivity index (χ3v) is 2.60. The van der Waals surface area contributed by atoms with Crippen molar-refractivity contribution < 1.29 is 22.7 Å². The molecule has 1 aliphatic rings. The monoisotopic (exact) mass is 269 g/mol. The minimum Gasteiger partial charge on any atom is -0.383 e. The van der Waals surface area contributed by atoms with Crippen molar-refractivity contribution in [3.63, 3.8) is 0 Å². The number of carbonyl (C=O) groups excluding carboxylic acids is 1. The third-order valence-electron chi connectivity index (χ3n) is 2.60. The van der Waals surface area contributed by atoms with E-state index in [-0.39, 0.29) is 18.6 Å². The summed E-state index contributed by atoms with van der Waals surface area (Å²) in [6, 6.07) is -0.596. The molecule has 8 heteroatoms. The van der Waals surface area contributed by atoms with Gasteiger partial charge in [-0.3, -0.25) is 4.90 Å². The number of rotatable bonds is 5. The number of likely N-dealkylation sites (tertiary alicyclic amines) is 1. The van der Waals surface area contributed by atoms with Gasteiger partial charge in [-0.25, -0.2) is 4.79 Å². The van der Waals surface area contributed by atoms with Crippen LogP contribution in [-0.4, -0.2) is 63.0 Å². The molecule has 1 unspecified atom stereocenters. The first-order valence-corrected chi connectivity index (χ1v) is 5.73. The predicted octanol–water partition coefficient (Wildman–Crippen LogP) is 0.569. The zero-order chi connectivity index (χ0) is 13.6. The lowest BCUT2D eigenvalue weighted by molar-refractivity contribution is -0.143. The molecule has 0 saturated carbocycles. The van der Waals surface area contributed by atoms with Crippen LogP contribution in [0.25, 0.3) is 0 Å². The van der Waals surface area contributed by atoms with Crippen LogP contribution in [0.3, 0.4) is 0 Å². The van der Waals surface area contributed by atoms with Crippen LogP contribution in [0, 0.1) is 0 Å². The van der Waals surface area contributed by atoms with Crippen LogP contribution >= 0.6 is 0 Å². The molecule has 0 aromatic carbocycles. The van der Waals surface area contributed by atoms with Crippen molar-refractivity contribution in [2.45, 2.75) is 18.6 Å². The Labute approximate surface area is 104 Å². The normalized spacial score (nSPS) is 21.0. The molecular weight excluding hydrogens is 251 g/mol. The Morgan fingerprint density at radius 2 is 2.22 bits per heavy atom. The van der Waals surface area contributed by atoms with E-state index in [1.807, 2.05) is 0 Å². The molecule has 2 N–H and O–H groups in total. The topological polar surface area (TPSA) is 53.6 Å². The lowest BCUT2D eigenvalue weighted by Gasteiger charge is -2.18. The zero-order valence-corrected chi connectivity index (χ0v) is 10.2. The Bertz CT molecular complexity index is 274. The van der Waals surface area contributed by atoms with E-state index in [9.17, 15) is 18.0 Å². The number of ether oxygens (including phenoxy) is 1. The quantitative estimate of drug-likeness (QED) is 0.717. The van der Waals surface area contributed by atoms with Crippen molar-refractivity contribution in [2.24, 2.45) is 0 Å². The molecular formula is C10H18F3N3O2. The summed E-state index contributed by atoms with van der Waals surface area (Å²) >= 11 is 0. The lowest BCUT2D eigenvalue weighted by atomic mass is 10.3. The summed E-state index contributed by atoms with van der Waals surface area (Å²) in [6.07, 6.45) is -3.65. The molecule has 1 atom stereocenters. The van der Waals surface area contributed by atoms with Gasteiger partial charge in [-0.2, -0.15) is 13.2 Å². The smallest absolute Gasteiger partial charge is 0.383 e. The molecule has 0 spiro atoms. The summed E-state index contributed by atoms with van der Waals surface area (Å²) in [4.78, 5) is 12.6. The van der Waals surface area contributed by atoms with E-state index < -0.39 is 12.7 Å². The maximum absolute atomic E-state index is 12.1. The van der Waals surface area contributed by atoms with Crippen LogP contribution in [0.4, 0.5) is 18.0 Å². The second-order valence-corrected chi connectivity index (χ2v) is 4.23. The molecule has 1 heterocycles. The number of nitrogens with one attached hydrogen (secondary N) is 2. The van der Waals surface area contributed by atoms with E-state index in [0.717, 1.165) is 0 Å². The van der Waals surface area contributed by atoms with Gasteiger partial charge >= 0.3 is 12.2 Å². The van der Waals surface area contributed by atoms with Crippen LogP contribution in [0.2, 0.25) is 0 Å². The van der Waals surface area contributed by atoms with Crippen molar-refractivity contribution in [2.75, 3.05) is 39.9 Å². The molecule has 0 aromatic rings. The van der Waals surface area contributed by atoms with E-state index in [2.05, 4.69) is 10.6 Å². The molecule has 1 saturated heterocycles. The predicted molar refractivity (Wildman–Crippen MR) is 59.3 cm³/mol. The van der Waals surface area contributed by atoms with Crippen molar-refractivity contribution in [3.8, 4) is 0 Å². The average Bonchev–Trinajstić information content (AvgIpc) is 2.63. The Morgan fingerprint density at radius 1 is 1.50 bits per heavy atom. The number of halogens is 3. The molecule has 0 radical (unpaired) electrons. The zero-order valence-electron chi connectivity index (χ0n) is 10.2. The fourth-order valence-electron chi connectivity index (χ4n) is 1.85. The summed E-state index contributed by atoms with van der Waals surface area (Å²) in [6.45, 7) is 0.440. The fourth-order valence-corrected chi connectivity index (χ4v) is 1.85. The molecule has 1 aliphatic heterocycles. The Morgan fingerprint density at radius 3 is 2.83 bits per heavy atom. The number of amides is 2. The minimum absolute atomic E-state index is 0.227. The van der Waals surface area contributed by atoms with Gasteiger partial charge in [0, 0.05) is 32.8 Å². The molecule has 2 amide bonds. The second kappa shape index (κ2) is 6.79. The third kappa shape index (κ3) is 6.06. The first-order chi connectivity index (χ1) is 8.40. The van der Waals surface area contributed by atoms with E-state index >= 15 is 0 Å². The van der Waals surface area contributed by atoms with Crippen molar-refractivity contribution >= 4 is 6.03 Å². The first kappa shape index (κ1) is 15.0. The van der Waals surface area contributed by atoms with E-state index in [1.165, 1.54) is 12.0 Å². The second-order valence-electron chi connectivity index (χ2n) is 4.23. The van der Waals surface area contributed by atoms with Gasteiger partial charge in [0.15, 0.2) is 0 Å². The van der Waals surface area contributed by atoms with Crippen LogP contribution < -0.4 is 10.6 Å². The highest BCUT2D eigenvalue weighted by molar-refractivity contribution is 5.74. The number of hydrogen-bond acceptors (Lipinski definition) is 3. The molecule has 0 aromatic heterocycles. The molecule has 1 rings (SSSR count). The highest BCUT2D eigenvalue weighted by Gasteiger charge is 2.34. The highest BCUT2D eigenvalue weighted by atomic mass is 19.4. The SMILES string of the molecule is COCCNC(=O)NC1CCN(CC(F)(F)F)C1. The van der Waals surface area contributed by atoms with Gasteiger partial charge in [0.1, 0.15) is 0 Å². The highest BCUT2D eigenvalue weighted by Crippen LogP contribution is 2.19. The van der Waals surface area contributed by atoms with Crippen LogP contribution in [-0.2, 0) is 4.74 Å². The van der Waals surface area contributed by atoms with Gasteiger partial charge in [-0.15, -0.1) is 0 Å². The van der Waals surface area contributed by atoms with Crippen molar-refractivity contribution in [3.05, 3.63) is 0 Å². The van der Waals surface area contributed by atoms with Crippen LogP contribution in [0.15, 0.2) is 0 Å². The number of urea groups is 1. The Kier molecular flexibility index (Phi) is 5.67. The van der Waals surface area contributed by atoms with Gasteiger partial charge < -0.3 is 15.4 Å². The van der Waals surface area contributed by atoms with E-state index in [4.69, 9.17) is 4.74 Å². The van der Waals surface area contributed by atoms with Gasteiger partial charge in [-0.05, 0) is 6.42 Å². The number of hydrogen-bond donors (Lipinski definition) is 2. The summed E-state index contributed by atoms with van der Waals surface area (Å²) < 4.78 is 41.2. The number of alkyl halides is 3. The van der Waals surface area contributed by atoms with Gasteiger partial charge in [-0.1, -0.05) is 0 Å². The lowest BCUT2D eigenvalue weighted by Crippen LogP contribution is -2.44. The summed E-state index contributed by atoms with van der Waals surface area (Å²) in [5.74, 6) is 0. The van der Waals surface area contributed by atoms with Crippen LogP contribution in [0.5, 0.6) is 0 Å². The van der Waals surface area contributed by atoms with Gasteiger partial charge in [0.25, 0.3) is 0 Å². The van der Waals surface area contributed by atoms with Crippen LogP contribution in [0.1, 0.15) is 6.42 Å². The maximum Gasteiger partial charge on any atom is 0.401 e. The molecule has 0 aliphatic carbocycles. The molecule has 18 heavy (non-hydrogen) atoms. The summed E-state index contributed by atoms with van der Waals surface area (Å²) in [7, 11) is 1.52. The Hall–Kier alpha value is -1.02. The Balaban J connectivity index is 2.19. The number of nitrogens with zero attached hydrogens (tertiary/aromatic N) is 1. The van der Waals surface area contributed by atoms with Gasteiger partial charge in [0.2, 0.25) is 0 Å². The maximum atomic E-state index is 12.1. The van der Waals surface area contributed by atoms with Crippen molar-refractivity contribution in [1.82, 2.24) is 15.5 Å². The molecule has 106 valence electrons. The molecule has 5 nitrogen and oxygen atoms in total.